The van der Waals surface area contributed by atoms with E-state index < -0.39 is 0 Å². The van der Waals surface area contributed by atoms with E-state index in [1.54, 1.807) is 6.20 Å². The zero-order valence-electron chi connectivity index (χ0n) is 15.5. The molecule has 2 aromatic rings. The molecule has 0 aliphatic carbocycles. The van der Waals surface area contributed by atoms with Gasteiger partial charge in [-0.3, -0.25) is 0 Å². The summed E-state index contributed by atoms with van der Waals surface area (Å²) >= 11 is 0. The first-order valence-corrected chi connectivity index (χ1v) is 8.85. The van der Waals surface area contributed by atoms with Gasteiger partial charge in [-0.15, -0.1) is 0 Å². The number of hydrogen-bond donors (Lipinski definition) is 0. The molecule has 4 rings (SSSR count). The third-order valence-corrected chi connectivity index (χ3v) is 5.86. The molecule has 0 aromatic carbocycles. The first-order valence-electron chi connectivity index (χ1n) is 8.85. The monoisotopic (exact) mass is 323 g/mol. The van der Waals surface area contributed by atoms with E-state index in [9.17, 15) is 0 Å². The van der Waals surface area contributed by atoms with E-state index in [-0.39, 0.29) is 17.8 Å². The molecule has 2 aliphatic heterocycles. The Balaban J connectivity index is 1.86. The van der Waals surface area contributed by atoms with Crippen LogP contribution in [0.3, 0.4) is 0 Å². The van der Waals surface area contributed by atoms with Crippen molar-refractivity contribution in [3.05, 3.63) is 29.0 Å². The highest BCUT2D eigenvalue weighted by atomic mass is 16.3. The lowest BCUT2D eigenvalue weighted by molar-refractivity contribution is 0.00194. The molecule has 5 heteroatoms. The van der Waals surface area contributed by atoms with Gasteiger partial charge in [0, 0.05) is 34.6 Å². The molecule has 24 heavy (non-hydrogen) atoms. The van der Waals surface area contributed by atoms with Crippen LogP contribution in [-0.4, -0.2) is 33.3 Å². The Morgan fingerprint density at radius 2 is 2.04 bits per heavy atom. The SMILES string of the molecule is CB1C=c2c(oc3ncccc23)=CN1N1C(C)C(C)(C)CC1(C)C. The van der Waals surface area contributed by atoms with Gasteiger partial charge in [0.15, 0.2) is 5.42 Å². The number of nitrogens with zero attached hydrogens (tertiary/aromatic N) is 3. The molecule has 0 bridgehead atoms. The summed E-state index contributed by atoms with van der Waals surface area (Å²) in [6.07, 6.45) is 5.13. The van der Waals surface area contributed by atoms with Gasteiger partial charge in [-0.25, -0.2) is 9.99 Å². The summed E-state index contributed by atoms with van der Waals surface area (Å²) in [5.74, 6) is 2.30. The van der Waals surface area contributed by atoms with Crippen LogP contribution < -0.4 is 10.6 Å². The number of fused-ring (bicyclic) bond motifs is 3. The highest BCUT2D eigenvalue weighted by Crippen LogP contribution is 2.47. The van der Waals surface area contributed by atoms with E-state index in [0.29, 0.717) is 6.04 Å². The van der Waals surface area contributed by atoms with Crippen molar-refractivity contribution in [2.75, 3.05) is 0 Å². The van der Waals surface area contributed by atoms with Crippen LogP contribution in [0.25, 0.3) is 23.3 Å². The molecular weight excluding hydrogens is 297 g/mol. The van der Waals surface area contributed by atoms with Gasteiger partial charge in [0.05, 0.1) is 0 Å². The highest BCUT2D eigenvalue weighted by Gasteiger charge is 2.51. The van der Waals surface area contributed by atoms with Crippen LogP contribution in [0.15, 0.2) is 22.7 Å². The van der Waals surface area contributed by atoms with E-state index in [1.165, 1.54) is 11.6 Å². The quantitative estimate of drug-likeness (QED) is 0.755. The summed E-state index contributed by atoms with van der Waals surface area (Å²) in [5, 5.41) is 4.81. The first-order chi connectivity index (χ1) is 11.2. The Kier molecular flexibility index (Phi) is 3.21. The van der Waals surface area contributed by atoms with Crippen molar-refractivity contribution in [2.45, 2.75) is 59.4 Å². The normalized spacial score (nSPS) is 25.5. The fourth-order valence-corrected chi connectivity index (χ4v) is 4.76. The lowest BCUT2D eigenvalue weighted by atomic mass is 9.62. The van der Waals surface area contributed by atoms with E-state index in [4.69, 9.17) is 4.42 Å². The van der Waals surface area contributed by atoms with Crippen LogP contribution in [0.4, 0.5) is 0 Å². The highest BCUT2D eigenvalue weighted by molar-refractivity contribution is 6.70. The third-order valence-electron chi connectivity index (χ3n) is 5.86. The Hall–Kier alpha value is -1.75. The van der Waals surface area contributed by atoms with Crippen molar-refractivity contribution >= 4 is 30.1 Å². The molecule has 4 nitrogen and oxygen atoms in total. The molecule has 126 valence electrons. The Morgan fingerprint density at radius 1 is 1.29 bits per heavy atom. The molecule has 0 amide bonds. The van der Waals surface area contributed by atoms with Gasteiger partial charge >= 0.3 is 0 Å². The Labute approximate surface area is 143 Å². The van der Waals surface area contributed by atoms with Crippen molar-refractivity contribution in [1.82, 2.24) is 14.9 Å². The molecule has 0 saturated carbocycles. The van der Waals surface area contributed by atoms with Gasteiger partial charge in [-0.05, 0) is 44.7 Å². The molecule has 0 N–H and O–H groups in total. The van der Waals surface area contributed by atoms with E-state index in [1.807, 2.05) is 6.07 Å². The van der Waals surface area contributed by atoms with Gasteiger partial charge in [0.2, 0.25) is 5.71 Å². The average molecular weight is 323 g/mol. The van der Waals surface area contributed by atoms with Crippen molar-refractivity contribution in [1.29, 1.82) is 0 Å². The lowest BCUT2D eigenvalue weighted by Gasteiger charge is -2.45. The maximum atomic E-state index is 6.02. The maximum absolute atomic E-state index is 6.02. The molecule has 1 saturated heterocycles. The molecule has 2 aromatic heterocycles. The van der Waals surface area contributed by atoms with Crippen LogP contribution in [0.1, 0.15) is 41.0 Å². The minimum absolute atomic E-state index is 0.114. The second-order valence-electron chi connectivity index (χ2n) is 8.65. The summed E-state index contributed by atoms with van der Waals surface area (Å²) in [4.78, 5) is 6.73. The standard InChI is InChI=1S/C19H26BN3O/c1-13-18(2,3)12-19(4,5)23(13)22-11-16-15(10-20(22)6)14-8-7-9-21-17(14)24-16/h7-11,13H,12H2,1-6H3. The predicted octanol–water partition coefficient (Wildman–Crippen LogP) is 2.64. The van der Waals surface area contributed by atoms with Crippen LogP contribution in [0, 0.1) is 5.41 Å². The third kappa shape index (κ3) is 2.14. The van der Waals surface area contributed by atoms with Crippen LogP contribution in [0.2, 0.25) is 6.82 Å². The predicted molar refractivity (Wildman–Crippen MR) is 99.4 cm³/mol. The van der Waals surface area contributed by atoms with E-state index in [2.05, 4.69) is 74.6 Å². The topological polar surface area (TPSA) is 32.5 Å². The van der Waals surface area contributed by atoms with Crippen molar-refractivity contribution < 1.29 is 4.42 Å². The van der Waals surface area contributed by atoms with Gasteiger partial charge in [0.1, 0.15) is 0 Å². The second-order valence-corrected chi connectivity index (χ2v) is 8.65. The molecule has 4 heterocycles. The van der Waals surface area contributed by atoms with E-state index >= 15 is 0 Å². The van der Waals surface area contributed by atoms with Gasteiger partial charge in [-0.1, -0.05) is 26.6 Å². The molecule has 0 spiro atoms. The zero-order valence-corrected chi connectivity index (χ0v) is 15.5. The van der Waals surface area contributed by atoms with Crippen molar-refractivity contribution in [3.63, 3.8) is 0 Å². The minimum Gasteiger partial charge on any atom is -0.436 e. The average Bonchev–Trinajstić information content (AvgIpc) is 2.91. The molecule has 1 atom stereocenters. The molecule has 0 radical (unpaired) electrons. The largest absolute Gasteiger partial charge is 0.436 e. The van der Waals surface area contributed by atoms with Crippen LogP contribution >= 0.6 is 0 Å². The summed E-state index contributed by atoms with van der Waals surface area (Å²) in [6, 6.07) is 4.52. The number of furan rings is 1. The summed E-state index contributed by atoms with van der Waals surface area (Å²) in [6.45, 7) is 14.3. The van der Waals surface area contributed by atoms with Crippen molar-refractivity contribution in [3.8, 4) is 0 Å². The smallest absolute Gasteiger partial charge is 0.296 e. The fourth-order valence-electron chi connectivity index (χ4n) is 4.76. The van der Waals surface area contributed by atoms with Crippen molar-refractivity contribution in [2.24, 2.45) is 5.41 Å². The zero-order chi connectivity index (χ0) is 17.3. The molecule has 1 unspecified atom stereocenters. The van der Waals surface area contributed by atoms with Crippen LogP contribution in [-0.2, 0) is 0 Å². The number of pyridine rings is 1. The number of hydrazine groups is 1. The Bertz CT molecular complexity index is 914. The van der Waals surface area contributed by atoms with E-state index in [0.717, 1.165) is 16.5 Å². The maximum Gasteiger partial charge on any atom is 0.296 e. The number of rotatable bonds is 1. The van der Waals surface area contributed by atoms with Gasteiger partial charge in [0.25, 0.3) is 6.85 Å². The molecule has 1 fully saturated rings. The van der Waals surface area contributed by atoms with Gasteiger partial charge < -0.3 is 9.34 Å². The summed E-state index contributed by atoms with van der Waals surface area (Å²) < 4.78 is 6.02. The number of aromatic nitrogens is 1. The van der Waals surface area contributed by atoms with Crippen LogP contribution in [0.5, 0.6) is 0 Å². The first kappa shape index (κ1) is 15.8. The molecular formula is C19H26BN3O. The minimum atomic E-state index is 0.114. The lowest BCUT2D eigenvalue weighted by Crippen LogP contribution is -2.58. The van der Waals surface area contributed by atoms with Gasteiger partial charge in [-0.2, -0.15) is 0 Å². The summed E-state index contributed by atoms with van der Waals surface area (Å²) in [5.41, 5.74) is 2.03. The summed E-state index contributed by atoms with van der Waals surface area (Å²) in [7, 11) is 0. The second kappa shape index (κ2) is 4.88. The Morgan fingerprint density at radius 3 is 2.71 bits per heavy atom. The fraction of sp³-hybridized carbons (Fsp3) is 0.526. The number of hydrogen-bond acceptors (Lipinski definition) is 4. The molecule has 2 aliphatic rings.